The highest BCUT2D eigenvalue weighted by Crippen LogP contribution is 2.15. The lowest BCUT2D eigenvalue weighted by Crippen LogP contribution is -2.43. The second kappa shape index (κ2) is 5.12. The quantitative estimate of drug-likeness (QED) is 0.596. The maximum atomic E-state index is 12.2. The second-order valence-electron chi connectivity index (χ2n) is 4.54. The fourth-order valence-corrected chi connectivity index (χ4v) is 2.02. The van der Waals surface area contributed by atoms with Gasteiger partial charge in [-0.3, -0.25) is 9.78 Å². The van der Waals surface area contributed by atoms with Gasteiger partial charge >= 0.3 is 0 Å². The third-order valence-corrected chi connectivity index (χ3v) is 3.12. The van der Waals surface area contributed by atoms with Crippen molar-refractivity contribution >= 4 is 11.6 Å². The number of amides is 1. The van der Waals surface area contributed by atoms with Crippen molar-refractivity contribution in [2.24, 2.45) is 11.1 Å². The van der Waals surface area contributed by atoms with E-state index in [4.69, 9.17) is 5.21 Å². The van der Waals surface area contributed by atoms with Gasteiger partial charge in [0.25, 0.3) is 5.91 Å². The summed E-state index contributed by atoms with van der Waals surface area (Å²) < 4.78 is 0. The molecule has 96 valence electrons. The molecule has 1 fully saturated rings. The molecule has 0 saturated carbocycles. The van der Waals surface area contributed by atoms with Gasteiger partial charge in [-0.1, -0.05) is 12.1 Å². The molecule has 0 aliphatic carbocycles. The highest BCUT2D eigenvalue weighted by molar-refractivity contribution is 5.94. The number of aryl methyl sites for hydroxylation is 1. The zero-order valence-electron chi connectivity index (χ0n) is 10.5. The van der Waals surface area contributed by atoms with Crippen molar-refractivity contribution in [3.63, 3.8) is 0 Å². The van der Waals surface area contributed by atoms with Gasteiger partial charge in [-0.2, -0.15) is 0 Å². The van der Waals surface area contributed by atoms with Crippen LogP contribution in [0.5, 0.6) is 0 Å². The molecule has 0 spiro atoms. The Morgan fingerprint density at radius 1 is 1.50 bits per heavy atom. The van der Waals surface area contributed by atoms with Crippen LogP contribution in [0.3, 0.4) is 0 Å². The summed E-state index contributed by atoms with van der Waals surface area (Å²) in [5.41, 5.74) is 1.89. The molecule has 1 saturated heterocycles. The first-order chi connectivity index (χ1) is 8.61. The van der Waals surface area contributed by atoms with Gasteiger partial charge in [0.2, 0.25) is 0 Å². The van der Waals surface area contributed by atoms with E-state index >= 15 is 0 Å². The molecular formula is C12H16N4O2. The van der Waals surface area contributed by atoms with Gasteiger partial charge in [-0.05, 0) is 6.92 Å². The first-order valence-electron chi connectivity index (χ1n) is 5.90. The summed E-state index contributed by atoms with van der Waals surface area (Å²) in [6.07, 6.45) is 3.68. The van der Waals surface area contributed by atoms with Crippen LogP contribution in [-0.4, -0.2) is 44.8 Å². The van der Waals surface area contributed by atoms with Crippen molar-refractivity contribution in [2.75, 3.05) is 13.1 Å². The number of hydrogen-bond acceptors (Lipinski definition) is 5. The molecule has 1 aromatic heterocycles. The van der Waals surface area contributed by atoms with Gasteiger partial charge in [-0.25, -0.2) is 4.98 Å². The van der Waals surface area contributed by atoms with E-state index in [2.05, 4.69) is 15.1 Å². The van der Waals surface area contributed by atoms with Crippen LogP contribution in [0.4, 0.5) is 0 Å². The van der Waals surface area contributed by atoms with E-state index in [0.29, 0.717) is 25.2 Å². The van der Waals surface area contributed by atoms with Gasteiger partial charge < -0.3 is 10.1 Å². The zero-order valence-corrected chi connectivity index (χ0v) is 10.5. The number of likely N-dealkylation sites (tertiary alicyclic amines) is 1. The molecule has 1 aromatic rings. The van der Waals surface area contributed by atoms with E-state index in [1.807, 2.05) is 13.8 Å². The molecule has 0 radical (unpaired) electrons. The summed E-state index contributed by atoms with van der Waals surface area (Å²) in [5.74, 6) is -0.0440. The predicted octanol–water partition coefficient (Wildman–Crippen LogP) is 1.10. The molecule has 6 nitrogen and oxygen atoms in total. The first kappa shape index (κ1) is 12.5. The molecule has 2 rings (SSSR count). The normalized spacial score (nSPS) is 22.2. The van der Waals surface area contributed by atoms with Crippen molar-refractivity contribution < 1.29 is 10.0 Å². The average molecular weight is 248 g/mol. The van der Waals surface area contributed by atoms with Crippen LogP contribution in [0.2, 0.25) is 0 Å². The SMILES string of the molecule is Cc1cnc(C(=O)N2CCC(=NO)C(C)C2)cn1. The molecule has 1 atom stereocenters. The van der Waals surface area contributed by atoms with Gasteiger partial charge in [0, 0.05) is 31.6 Å². The Morgan fingerprint density at radius 3 is 2.83 bits per heavy atom. The summed E-state index contributed by atoms with van der Waals surface area (Å²) in [6, 6.07) is 0. The number of aromatic nitrogens is 2. The maximum absolute atomic E-state index is 12.2. The minimum Gasteiger partial charge on any atom is -0.411 e. The van der Waals surface area contributed by atoms with Crippen molar-refractivity contribution in [3.8, 4) is 0 Å². The molecule has 6 heteroatoms. The number of nitrogens with zero attached hydrogens (tertiary/aromatic N) is 4. The highest BCUT2D eigenvalue weighted by Gasteiger charge is 2.27. The standard InChI is InChI=1S/C12H16N4O2/c1-8-7-16(4-3-10(8)15-18)12(17)11-6-13-9(2)5-14-11/h5-6,8,18H,3-4,7H2,1-2H3. The number of hydrogen-bond donors (Lipinski definition) is 1. The van der Waals surface area contributed by atoms with E-state index in [-0.39, 0.29) is 11.8 Å². The molecule has 1 amide bonds. The van der Waals surface area contributed by atoms with Crippen molar-refractivity contribution in [1.82, 2.24) is 14.9 Å². The highest BCUT2D eigenvalue weighted by atomic mass is 16.4. The average Bonchev–Trinajstić information content (AvgIpc) is 2.38. The molecule has 0 bridgehead atoms. The predicted molar refractivity (Wildman–Crippen MR) is 65.7 cm³/mol. The van der Waals surface area contributed by atoms with Gasteiger partial charge in [0.1, 0.15) is 5.69 Å². The molecule has 1 aliphatic rings. The number of carbonyl (C=O) groups excluding carboxylic acids is 1. The minimum atomic E-state index is -0.119. The lowest BCUT2D eigenvalue weighted by molar-refractivity contribution is 0.0727. The van der Waals surface area contributed by atoms with E-state index in [1.165, 1.54) is 6.20 Å². The van der Waals surface area contributed by atoms with Gasteiger partial charge in [-0.15, -0.1) is 0 Å². The largest absolute Gasteiger partial charge is 0.411 e. The summed E-state index contributed by atoms with van der Waals surface area (Å²) >= 11 is 0. The van der Waals surface area contributed by atoms with Crippen LogP contribution in [-0.2, 0) is 0 Å². The molecular weight excluding hydrogens is 232 g/mol. The Kier molecular flexibility index (Phi) is 3.55. The van der Waals surface area contributed by atoms with Crippen LogP contribution in [0.15, 0.2) is 17.5 Å². The fraction of sp³-hybridized carbons (Fsp3) is 0.500. The Morgan fingerprint density at radius 2 is 2.28 bits per heavy atom. The molecule has 1 N–H and O–H groups in total. The van der Waals surface area contributed by atoms with Crippen LogP contribution < -0.4 is 0 Å². The van der Waals surface area contributed by atoms with E-state index in [9.17, 15) is 4.79 Å². The Balaban J connectivity index is 2.09. The van der Waals surface area contributed by atoms with Crippen LogP contribution in [0.1, 0.15) is 29.5 Å². The molecule has 1 aliphatic heterocycles. The maximum Gasteiger partial charge on any atom is 0.274 e. The number of piperidine rings is 1. The van der Waals surface area contributed by atoms with E-state index < -0.39 is 0 Å². The van der Waals surface area contributed by atoms with Crippen LogP contribution in [0, 0.1) is 12.8 Å². The van der Waals surface area contributed by atoms with Crippen LogP contribution in [0.25, 0.3) is 0 Å². The summed E-state index contributed by atoms with van der Waals surface area (Å²) in [7, 11) is 0. The minimum absolute atomic E-state index is 0.0751. The Labute approximate surface area is 105 Å². The van der Waals surface area contributed by atoms with E-state index in [0.717, 1.165) is 11.4 Å². The number of carbonyl (C=O) groups is 1. The van der Waals surface area contributed by atoms with Crippen LogP contribution >= 0.6 is 0 Å². The fourth-order valence-electron chi connectivity index (χ4n) is 2.02. The zero-order chi connectivity index (χ0) is 13.1. The van der Waals surface area contributed by atoms with Crippen molar-refractivity contribution in [2.45, 2.75) is 20.3 Å². The Hall–Kier alpha value is -1.98. The van der Waals surface area contributed by atoms with Crippen molar-refractivity contribution in [1.29, 1.82) is 0 Å². The number of rotatable bonds is 1. The third kappa shape index (κ3) is 2.47. The lowest BCUT2D eigenvalue weighted by Gasteiger charge is -2.31. The first-order valence-corrected chi connectivity index (χ1v) is 5.90. The lowest BCUT2D eigenvalue weighted by atomic mass is 9.97. The molecule has 18 heavy (non-hydrogen) atoms. The second-order valence-corrected chi connectivity index (χ2v) is 4.54. The molecule has 0 aromatic carbocycles. The number of oxime groups is 1. The monoisotopic (exact) mass is 248 g/mol. The smallest absolute Gasteiger partial charge is 0.274 e. The van der Waals surface area contributed by atoms with Gasteiger partial charge in [0.05, 0.1) is 17.6 Å². The van der Waals surface area contributed by atoms with E-state index in [1.54, 1.807) is 11.1 Å². The molecule has 1 unspecified atom stereocenters. The van der Waals surface area contributed by atoms with Crippen molar-refractivity contribution in [3.05, 3.63) is 23.8 Å². The summed E-state index contributed by atoms with van der Waals surface area (Å²) in [6.45, 7) is 4.87. The summed E-state index contributed by atoms with van der Waals surface area (Å²) in [4.78, 5) is 22.0. The van der Waals surface area contributed by atoms with Gasteiger partial charge in [0.15, 0.2) is 0 Å². The molecule has 2 heterocycles. The Bertz CT molecular complexity index is 469. The summed E-state index contributed by atoms with van der Waals surface area (Å²) in [5, 5.41) is 12.1. The third-order valence-electron chi connectivity index (χ3n) is 3.12. The topological polar surface area (TPSA) is 78.7 Å².